The molecule has 1 unspecified atom stereocenters. The van der Waals surface area contributed by atoms with Gasteiger partial charge in [0.05, 0.1) is 0 Å². The topological polar surface area (TPSA) is 22.3 Å². The van der Waals surface area contributed by atoms with E-state index in [2.05, 4.69) is 93.8 Å². The summed E-state index contributed by atoms with van der Waals surface area (Å²) in [4.78, 5) is 8.68. The van der Waals surface area contributed by atoms with E-state index in [0.717, 1.165) is 19.5 Å². The van der Waals surface area contributed by atoms with E-state index in [9.17, 15) is 0 Å². The second kappa shape index (κ2) is 5.65. The Kier molecular flexibility index (Phi) is 3.12. The number of fused-ring (bicyclic) bond motifs is 3. The van der Waals surface area contributed by atoms with Crippen LogP contribution in [0.15, 0.2) is 79.0 Å². The highest BCUT2D eigenvalue weighted by Gasteiger charge is 2.38. The third-order valence-electron chi connectivity index (χ3n) is 6.05. The van der Waals surface area contributed by atoms with Crippen LogP contribution in [-0.4, -0.2) is 11.5 Å². The van der Waals surface area contributed by atoms with Crippen LogP contribution in [0.25, 0.3) is 10.8 Å². The van der Waals surface area contributed by atoms with Gasteiger partial charge in [-0.25, -0.2) is 0 Å². The molecule has 27 heavy (non-hydrogen) atoms. The summed E-state index contributed by atoms with van der Waals surface area (Å²) in [6.07, 6.45) is 3.48. The molecule has 4 aromatic rings. The van der Waals surface area contributed by atoms with Crippen LogP contribution in [0.3, 0.4) is 0 Å². The summed E-state index contributed by atoms with van der Waals surface area (Å²) in [7, 11) is 0. The Balaban J connectivity index is 1.52. The summed E-state index contributed by atoms with van der Waals surface area (Å²) in [5, 5.41) is 2.56. The summed E-state index contributed by atoms with van der Waals surface area (Å²) in [5.74, 6) is 1.22. The van der Waals surface area contributed by atoms with Crippen LogP contribution in [0.2, 0.25) is 0 Å². The second-order valence-corrected chi connectivity index (χ2v) is 7.50. The Labute approximate surface area is 158 Å². The lowest BCUT2D eigenvalue weighted by Gasteiger charge is -2.35. The van der Waals surface area contributed by atoms with Crippen molar-refractivity contribution in [1.29, 1.82) is 0 Å². The highest BCUT2D eigenvalue weighted by Crippen LogP contribution is 2.45. The minimum Gasteiger partial charge on any atom is -0.347 e. The molecule has 3 heterocycles. The van der Waals surface area contributed by atoms with Gasteiger partial charge in [0.25, 0.3) is 0 Å². The Morgan fingerprint density at radius 3 is 2.52 bits per heavy atom. The number of H-pyrrole nitrogens is 1. The predicted octanol–water partition coefficient (Wildman–Crippen LogP) is 5.25. The quantitative estimate of drug-likeness (QED) is 0.533. The number of hydrogen-bond acceptors (Lipinski definition) is 2. The maximum Gasteiger partial charge on any atom is 0.130 e. The minimum atomic E-state index is 0.229. The highest BCUT2D eigenvalue weighted by molar-refractivity contribution is 5.94. The third kappa shape index (κ3) is 2.15. The smallest absolute Gasteiger partial charge is 0.130 e. The van der Waals surface area contributed by atoms with Crippen molar-refractivity contribution >= 4 is 22.3 Å². The molecule has 3 nitrogen and oxygen atoms in total. The summed E-state index contributed by atoms with van der Waals surface area (Å²) in [6, 6.07) is 26.4. The van der Waals surface area contributed by atoms with Crippen LogP contribution in [0.4, 0.5) is 11.5 Å². The van der Waals surface area contributed by atoms with E-state index in [1.54, 1.807) is 0 Å². The molecule has 2 aliphatic heterocycles. The molecule has 1 atom stereocenters. The monoisotopic (exact) mass is 351 g/mol. The number of benzene rings is 3. The van der Waals surface area contributed by atoms with E-state index < -0.39 is 0 Å². The van der Waals surface area contributed by atoms with Gasteiger partial charge in [-0.15, -0.1) is 0 Å². The van der Waals surface area contributed by atoms with Crippen LogP contribution in [0, 0.1) is 0 Å². The molecule has 0 saturated heterocycles. The maximum atomic E-state index is 3.57. The molecule has 0 bridgehead atoms. The van der Waals surface area contributed by atoms with Crippen molar-refractivity contribution in [3.63, 3.8) is 0 Å². The molecule has 0 fully saturated rings. The zero-order valence-corrected chi connectivity index (χ0v) is 15.1. The molecule has 1 aromatic heterocycles. The van der Waals surface area contributed by atoms with Gasteiger partial charge in [-0.05, 0) is 29.2 Å². The van der Waals surface area contributed by atoms with E-state index in [4.69, 9.17) is 0 Å². The number of rotatable bonds is 2. The van der Waals surface area contributed by atoms with Gasteiger partial charge in [0.1, 0.15) is 12.0 Å². The first-order valence-electron chi connectivity index (χ1n) is 9.65. The van der Waals surface area contributed by atoms with Crippen LogP contribution >= 0.6 is 0 Å². The molecular formula is C24H21N3. The van der Waals surface area contributed by atoms with Gasteiger partial charge in [-0.2, -0.15) is 0 Å². The maximum absolute atomic E-state index is 3.57. The van der Waals surface area contributed by atoms with Crippen molar-refractivity contribution in [1.82, 2.24) is 4.98 Å². The molecule has 0 spiro atoms. The van der Waals surface area contributed by atoms with Crippen LogP contribution in [-0.2, 0) is 13.0 Å². The van der Waals surface area contributed by atoms with Crippen molar-refractivity contribution in [3.05, 3.63) is 95.7 Å². The summed E-state index contributed by atoms with van der Waals surface area (Å²) in [5.41, 5.74) is 5.68. The van der Waals surface area contributed by atoms with Crippen LogP contribution < -0.4 is 9.80 Å². The number of para-hydroxylation sites is 1. The fourth-order valence-corrected chi connectivity index (χ4v) is 4.82. The van der Waals surface area contributed by atoms with E-state index in [-0.39, 0.29) is 6.17 Å². The normalized spacial score (nSPS) is 18.1. The molecule has 2 aliphatic rings. The van der Waals surface area contributed by atoms with Gasteiger partial charge in [-0.1, -0.05) is 66.7 Å². The first kappa shape index (κ1) is 14.9. The summed E-state index contributed by atoms with van der Waals surface area (Å²) < 4.78 is 0. The largest absolute Gasteiger partial charge is 0.347 e. The molecule has 1 N–H and O–H groups in total. The standard InChI is InChI=1S/C24H21N3/c1-4-10-20-18(8-1)15-25-23(20)27-16-19-9-2-5-11-21(19)24(27)26-14-13-17-7-3-6-12-22(17)26/h1-12,15,24-25H,13-14,16H2. The van der Waals surface area contributed by atoms with Gasteiger partial charge in [-0.3, -0.25) is 0 Å². The molecule has 0 aliphatic carbocycles. The molecule has 6 rings (SSSR count). The summed E-state index contributed by atoms with van der Waals surface area (Å²) >= 11 is 0. The van der Waals surface area contributed by atoms with E-state index >= 15 is 0 Å². The van der Waals surface area contributed by atoms with Crippen LogP contribution in [0.1, 0.15) is 22.9 Å². The number of aromatic amines is 1. The predicted molar refractivity (Wildman–Crippen MR) is 111 cm³/mol. The Bertz CT molecular complexity index is 1140. The first-order valence-corrected chi connectivity index (χ1v) is 9.65. The fourth-order valence-electron chi connectivity index (χ4n) is 4.82. The lowest BCUT2D eigenvalue weighted by Crippen LogP contribution is -2.37. The summed E-state index contributed by atoms with van der Waals surface area (Å²) in [6.45, 7) is 2.00. The number of anilines is 2. The molecular weight excluding hydrogens is 330 g/mol. The van der Waals surface area contributed by atoms with Gasteiger partial charge in [0.2, 0.25) is 0 Å². The van der Waals surface area contributed by atoms with Gasteiger partial charge < -0.3 is 14.8 Å². The van der Waals surface area contributed by atoms with Crippen molar-refractivity contribution < 1.29 is 0 Å². The number of hydrogen-bond donors (Lipinski definition) is 1. The second-order valence-electron chi connectivity index (χ2n) is 7.50. The molecule has 0 saturated carbocycles. The number of aromatic nitrogens is 1. The number of nitrogens with one attached hydrogen (secondary N) is 1. The zero-order chi connectivity index (χ0) is 17.8. The van der Waals surface area contributed by atoms with E-state index in [0.29, 0.717) is 0 Å². The van der Waals surface area contributed by atoms with Crippen molar-refractivity contribution in [3.8, 4) is 0 Å². The van der Waals surface area contributed by atoms with Crippen molar-refractivity contribution in [2.75, 3.05) is 16.3 Å². The SMILES string of the molecule is c1ccc2c(c1)CN(c1[nH]cc3ccccc13)C2N1CCc2ccccc21. The average molecular weight is 351 g/mol. The Hall–Kier alpha value is -3.20. The lowest BCUT2D eigenvalue weighted by atomic mass is 10.1. The third-order valence-corrected chi connectivity index (χ3v) is 6.05. The van der Waals surface area contributed by atoms with E-state index in [1.807, 2.05) is 0 Å². The fraction of sp³-hybridized carbons (Fsp3) is 0.167. The molecule has 3 aromatic carbocycles. The van der Waals surface area contributed by atoms with E-state index in [1.165, 1.54) is 39.0 Å². The van der Waals surface area contributed by atoms with Gasteiger partial charge in [0.15, 0.2) is 0 Å². The lowest BCUT2D eigenvalue weighted by molar-refractivity contribution is 0.624. The molecule has 3 heteroatoms. The molecule has 0 amide bonds. The average Bonchev–Trinajstić information content (AvgIpc) is 3.42. The first-order chi connectivity index (χ1) is 13.4. The zero-order valence-electron chi connectivity index (χ0n) is 15.1. The van der Waals surface area contributed by atoms with Crippen molar-refractivity contribution in [2.24, 2.45) is 0 Å². The van der Waals surface area contributed by atoms with Crippen LogP contribution in [0.5, 0.6) is 0 Å². The van der Waals surface area contributed by atoms with Gasteiger partial charge in [0, 0.05) is 35.7 Å². The van der Waals surface area contributed by atoms with Crippen molar-refractivity contribution in [2.45, 2.75) is 19.1 Å². The number of nitrogens with zero attached hydrogens (tertiary/aromatic N) is 2. The molecule has 0 radical (unpaired) electrons. The Morgan fingerprint density at radius 2 is 1.56 bits per heavy atom. The van der Waals surface area contributed by atoms with Gasteiger partial charge >= 0.3 is 0 Å². The minimum absolute atomic E-state index is 0.229. The molecule has 132 valence electrons. The highest BCUT2D eigenvalue weighted by atomic mass is 15.4. The Morgan fingerprint density at radius 1 is 0.778 bits per heavy atom.